The van der Waals surface area contributed by atoms with Crippen LogP contribution >= 0.6 is 22.7 Å². The Labute approximate surface area is 196 Å². The summed E-state index contributed by atoms with van der Waals surface area (Å²) in [7, 11) is -3.68. The Morgan fingerprint density at radius 1 is 1.22 bits per heavy atom. The summed E-state index contributed by atoms with van der Waals surface area (Å²) >= 11 is 2.59. The molecule has 2 fully saturated rings. The van der Waals surface area contributed by atoms with Gasteiger partial charge in [-0.2, -0.15) is 15.6 Å². The molecule has 2 aliphatic rings. The first kappa shape index (κ1) is 23.1. The van der Waals surface area contributed by atoms with Crippen molar-refractivity contribution >= 4 is 55.7 Å². The number of thiazole rings is 1. The molecule has 0 radical (unpaired) electrons. The molecule has 0 unspecified atom stereocenters. The minimum Gasteiger partial charge on any atom is -0.339 e. The number of nitrogens with zero attached hydrogens (tertiary/aromatic N) is 3. The summed E-state index contributed by atoms with van der Waals surface area (Å²) in [5.41, 5.74) is 1.32. The highest BCUT2D eigenvalue weighted by Gasteiger charge is 2.45. The normalized spacial score (nSPS) is 19.1. The second kappa shape index (κ2) is 9.05. The van der Waals surface area contributed by atoms with E-state index in [0.717, 1.165) is 36.2 Å². The van der Waals surface area contributed by atoms with Crippen LogP contribution in [0.4, 0.5) is 5.13 Å². The zero-order valence-corrected chi connectivity index (χ0v) is 20.5. The third kappa shape index (κ3) is 4.80. The maximum atomic E-state index is 13.3. The number of piperidine rings is 1. The lowest BCUT2D eigenvalue weighted by Gasteiger charge is -2.38. The number of likely N-dealkylation sites (tertiary alicyclic amines) is 1. The maximum Gasteiger partial charge on any atom is 0.254 e. The van der Waals surface area contributed by atoms with E-state index in [0.29, 0.717) is 37.0 Å². The number of sulfonamides is 1. The van der Waals surface area contributed by atoms with Crippen molar-refractivity contribution < 1.29 is 18.0 Å². The minimum absolute atomic E-state index is 0.000639. The van der Waals surface area contributed by atoms with Gasteiger partial charge in [0.2, 0.25) is 11.8 Å². The van der Waals surface area contributed by atoms with E-state index < -0.39 is 10.0 Å². The van der Waals surface area contributed by atoms with E-state index in [1.807, 2.05) is 27.8 Å². The maximum absolute atomic E-state index is 13.3. The average molecular weight is 495 g/mol. The lowest BCUT2D eigenvalue weighted by Crippen LogP contribution is -2.44. The molecule has 1 spiro atoms. The van der Waals surface area contributed by atoms with Crippen LogP contribution in [0, 0.1) is 12.3 Å². The van der Waals surface area contributed by atoms with Crippen LogP contribution < -0.4 is 5.32 Å². The molecule has 4 heterocycles. The topological polar surface area (TPSA) is 99.7 Å². The summed E-state index contributed by atoms with van der Waals surface area (Å²) < 4.78 is 28.2. The van der Waals surface area contributed by atoms with Crippen molar-refractivity contribution in [2.75, 3.05) is 31.5 Å². The molecule has 2 amide bonds. The highest BCUT2D eigenvalue weighted by atomic mass is 32.2. The second-order valence-corrected chi connectivity index (χ2v) is 12.3. The second-order valence-electron chi connectivity index (χ2n) is 8.38. The smallest absolute Gasteiger partial charge is 0.254 e. The highest BCUT2D eigenvalue weighted by molar-refractivity contribution is 7.91. The van der Waals surface area contributed by atoms with Crippen LogP contribution in [0.2, 0.25) is 0 Å². The molecule has 2 saturated heterocycles. The third-order valence-corrected chi connectivity index (χ3v) is 10.3. The third-order valence-electron chi connectivity index (χ3n) is 6.11. The molecule has 2 aromatic heterocycles. The fourth-order valence-corrected chi connectivity index (χ4v) is 8.07. The summed E-state index contributed by atoms with van der Waals surface area (Å²) in [6.45, 7) is 5.19. The average Bonchev–Trinajstić information content (AvgIpc) is 3.47. The number of aromatic nitrogens is 1. The fraction of sp³-hybridized carbons (Fsp3) is 0.476. The van der Waals surface area contributed by atoms with Gasteiger partial charge in [0.05, 0.1) is 5.69 Å². The number of hydrogen-bond acceptors (Lipinski definition) is 7. The van der Waals surface area contributed by atoms with Crippen LogP contribution in [-0.2, 0) is 19.6 Å². The molecular weight excluding hydrogens is 468 g/mol. The molecule has 32 heavy (non-hydrogen) atoms. The van der Waals surface area contributed by atoms with Crippen LogP contribution in [0.5, 0.6) is 0 Å². The van der Waals surface area contributed by atoms with Gasteiger partial charge < -0.3 is 10.2 Å². The lowest BCUT2D eigenvalue weighted by atomic mass is 9.78. The van der Waals surface area contributed by atoms with E-state index in [1.165, 1.54) is 6.92 Å². The van der Waals surface area contributed by atoms with Crippen molar-refractivity contribution in [2.45, 2.75) is 37.3 Å². The molecule has 172 valence electrons. The van der Waals surface area contributed by atoms with Crippen LogP contribution in [-0.4, -0.2) is 60.6 Å². The first-order valence-corrected chi connectivity index (χ1v) is 13.6. The van der Waals surface area contributed by atoms with Crippen LogP contribution in [0.25, 0.3) is 6.08 Å². The van der Waals surface area contributed by atoms with E-state index in [-0.39, 0.29) is 21.4 Å². The van der Waals surface area contributed by atoms with Crippen LogP contribution in [0.3, 0.4) is 0 Å². The van der Waals surface area contributed by atoms with Gasteiger partial charge in [-0.15, -0.1) is 0 Å². The Balaban J connectivity index is 1.39. The zero-order chi connectivity index (χ0) is 22.9. The van der Waals surface area contributed by atoms with Crippen LogP contribution in [0.15, 0.2) is 27.1 Å². The van der Waals surface area contributed by atoms with Gasteiger partial charge in [-0.1, -0.05) is 11.3 Å². The van der Waals surface area contributed by atoms with Crippen molar-refractivity contribution in [2.24, 2.45) is 5.41 Å². The zero-order valence-electron chi connectivity index (χ0n) is 18.0. The van der Waals surface area contributed by atoms with E-state index in [2.05, 4.69) is 10.3 Å². The van der Waals surface area contributed by atoms with E-state index in [1.54, 1.807) is 28.6 Å². The molecule has 0 saturated carbocycles. The van der Waals surface area contributed by atoms with E-state index >= 15 is 0 Å². The Morgan fingerprint density at radius 2 is 1.94 bits per heavy atom. The molecule has 1 N–H and O–H groups in total. The molecule has 0 atom stereocenters. The van der Waals surface area contributed by atoms with Gasteiger partial charge in [0.15, 0.2) is 9.34 Å². The molecule has 2 aromatic rings. The molecule has 8 nitrogen and oxygen atoms in total. The highest BCUT2D eigenvalue weighted by Crippen LogP contribution is 2.43. The van der Waals surface area contributed by atoms with E-state index in [4.69, 9.17) is 0 Å². The van der Waals surface area contributed by atoms with Gasteiger partial charge >= 0.3 is 0 Å². The SMILES string of the molecule is CC(=O)Nc1nc(C)c(S(=O)(=O)N2CCC3(CCN(C(=O)C=Cc4ccsc4)CC3)C2)s1. The first-order valence-electron chi connectivity index (χ1n) is 10.4. The van der Waals surface area contributed by atoms with Crippen molar-refractivity contribution in [1.82, 2.24) is 14.2 Å². The quantitative estimate of drug-likeness (QED) is 0.644. The Kier molecular flexibility index (Phi) is 6.53. The van der Waals surface area contributed by atoms with Gasteiger partial charge in [-0.3, -0.25) is 9.59 Å². The van der Waals surface area contributed by atoms with Gasteiger partial charge in [0.1, 0.15) is 0 Å². The number of anilines is 1. The minimum atomic E-state index is -3.68. The fourth-order valence-electron chi connectivity index (χ4n) is 4.29. The summed E-state index contributed by atoms with van der Waals surface area (Å²) in [6.07, 6.45) is 5.81. The number of amides is 2. The van der Waals surface area contributed by atoms with E-state index in [9.17, 15) is 18.0 Å². The van der Waals surface area contributed by atoms with Crippen molar-refractivity contribution in [3.8, 4) is 0 Å². The number of rotatable bonds is 5. The number of carbonyl (C=O) groups excluding carboxylic acids is 2. The van der Waals surface area contributed by atoms with Gasteiger partial charge in [0.25, 0.3) is 10.0 Å². The Bertz CT molecular complexity index is 1130. The van der Waals surface area contributed by atoms with Crippen molar-refractivity contribution in [3.05, 3.63) is 34.2 Å². The van der Waals surface area contributed by atoms with Gasteiger partial charge in [-0.05, 0) is 60.1 Å². The molecule has 0 aromatic carbocycles. The van der Waals surface area contributed by atoms with Crippen molar-refractivity contribution in [1.29, 1.82) is 0 Å². The predicted octanol–water partition coefficient (Wildman–Crippen LogP) is 3.19. The summed E-state index contributed by atoms with van der Waals surface area (Å²) in [6, 6.07) is 1.97. The first-order chi connectivity index (χ1) is 15.2. The standard InChI is InChI=1S/C21H26N4O4S3/c1-15-19(31-20(22-15)23-16(2)26)32(28,29)25-11-8-21(14-25)6-9-24(10-7-21)18(27)4-3-17-5-12-30-13-17/h3-5,12-13H,6-11,14H2,1-2H3,(H,22,23,26). The molecular formula is C21H26N4O4S3. The lowest BCUT2D eigenvalue weighted by molar-refractivity contribution is -0.128. The summed E-state index contributed by atoms with van der Waals surface area (Å²) in [5.74, 6) is -0.284. The number of nitrogens with one attached hydrogen (secondary N) is 1. The van der Waals surface area contributed by atoms with Crippen molar-refractivity contribution in [3.63, 3.8) is 0 Å². The number of aryl methyl sites for hydroxylation is 1. The Hall–Kier alpha value is -2.08. The monoisotopic (exact) mass is 494 g/mol. The molecule has 0 aliphatic carbocycles. The van der Waals surface area contributed by atoms with Gasteiger partial charge in [0, 0.05) is 39.2 Å². The molecule has 11 heteroatoms. The number of hydrogen-bond donors (Lipinski definition) is 1. The Morgan fingerprint density at radius 3 is 2.59 bits per heavy atom. The van der Waals surface area contributed by atoms with Gasteiger partial charge in [-0.25, -0.2) is 13.4 Å². The molecule has 4 rings (SSSR count). The largest absolute Gasteiger partial charge is 0.339 e. The van der Waals surface area contributed by atoms with Crippen LogP contribution in [0.1, 0.15) is 37.4 Å². The number of carbonyl (C=O) groups is 2. The number of thiophene rings is 1. The molecule has 0 bridgehead atoms. The molecule has 2 aliphatic heterocycles. The predicted molar refractivity (Wildman–Crippen MR) is 126 cm³/mol. The summed E-state index contributed by atoms with van der Waals surface area (Å²) in [4.78, 5) is 29.8. The summed E-state index contributed by atoms with van der Waals surface area (Å²) in [5, 5.41) is 6.83.